The molecule has 8 nitrogen and oxygen atoms in total. The molecule has 32 heavy (non-hydrogen) atoms. The number of fused-ring (bicyclic) bond motifs is 2. The first-order chi connectivity index (χ1) is 15.3. The molecular weight excluding hydrogens is 426 g/mol. The van der Waals surface area contributed by atoms with Gasteiger partial charge in [0.2, 0.25) is 0 Å². The smallest absolute Gasteiger partial charge is 0.268 e. The highest BCUT2D eigenvalue weighted by Gasteiger charge is 2.39. The van der Waals surface area contributed by atoms with E-state index >= 15 is 0 Å². The summed E-state index contributed by atoms with van der Waals surface area (Å²) in [5.41, 5.74) is 1.78. The van der Waals surface area contributed by atoms with Gasteiger partial charge in [-0.3, -0.25) is 14.7 Å². The van der Waals surface area contributed by atoms with E-state index < -0.39 is 11.6 Å². The van der Waals surface area contributed by atoms with Crippen molar-refractivity contribution in [2.24, 2.45) is 0 Å². The lowest BCUT2D eigenvalue weighted by molar-refractivity contribution is -0.0391. The first-order valence-corrected chi connectivity index (χ1v) is 11.5. The number of aromatic nitrogens is 3. The molecule has 1 aromatic carbocycles. The number of aryl methyl sites for hydroxylation is 1. The largest absolute Gasteiger partial charge is 0.388 e. The highest BCUT2D eigenvalue weighted by Crippen LogP contribution is 2.28. The van der Waals surface area contributed by atoms with Gasteiger partial charge in [0.15, 0.2) is 0 Å². The number of piperidine rings is 1. The maximum absolute atomic E-state index is 12.9. The second-order valence-electron chi connectivity index (χ2n) is 8.58. The van der Waals surface area contributed by atoms with Crippen LogP contribution in [0.3, 0.4) is 0 Å². The van der Waals surface area contributed by atoms with Crippen molar-refractivity contribution in [3.05, 3.63) is 52.7 Å². The topological polar surface area (TPSA) is 114 Å². The Morgan fingerprint density at radius 1 is 1.22 bits per heavy atom. The van der Waals surface area contributed by atoms with E-state index in [0.29, 0.717) is 37.2 Å². The van der Waals surface area contributed by atoms with Crippen LogP contribution in [-0.2, 0) is 0 Å². The zero-order valence-corrected chi connectivity index (χ0v) is 18.8. The van der Waals surface area contributed by atoms with E-state index in [4.69, 9.17) is 0 Å². The lowest BCUT2D eigenvalue weighted by Gasteiger charge is -2.41. The third-order valence-electron chi connectivity index (χ3n) is 6.43. The van der Waals surface area contributed by atoms with Crippen LogP contribution in [0.5, 0.6) is 0 Å². The third kappa shape index (κ3) is 3.67. The second kappa shape index (κ2) is 7.75. The molecule has 5 rings (SSSR count). The van der Waals surface area contributed by atoms with Crippen molar-refractivity contribution in [3.63, 3.8) is 0 Å². The number of likely N-dealkylation sites (tertiary alicyclic amines) is 1. The Balaban J connectivity index is 1.21. The number of amides is 2. The molecule has 166 valence electrons. The first-order valence-electron chi connectivity index (χ1n) is 10.7. The molecule has 4 heterocycles. The summed E-state index contributed by atoms with van der Waals surface area (Å²) in [6.45, 7) is 4.70. The van der Waals surface area contributed by atoms with Crippen LogP contribution in [0.15, 0.2) is 36.5 Å². The maximum atomic E-state index is 12.9. The normalized spacial score (nSPS) is 17.0. The number of aromatic amines is 2. The molecular formula is C23H25N5O3S. The van der Waals surface area contributed by atoms with E-state index in [-0.39, 0.29) is 11.8 Å². The van der Waals surface area contributed by atoms with Gasteiger partial charge in [-0.15, -0.1) is 11.3 Å². The number of nitrogens with zero attached hydrogens (tertiary/aromatic N) is 2. The SMILES string of the molecule is Cc1cc2[nH]c(C(=O)NC(C)C3(O)CCN(C(=O)c4ccc5cn[nH]c5c4)CC3)cc2s1. The van der Waals surface area contributed by atoms with Gasteiger partial charge in [-0.2, -0.15) is 5.10 Å². The maximum Gasteiger partial charge on any atom is 0.268 e. The van der Waals surface area contributed by atoms with E-state index in [9.17, 15) is 14.7 Å². The number of rotatable bonds is 4. The molecule has 2 amide bonds. The summed E-state index contributed by atoms with van der Waals surface area (Å²) in [7, 11) is 0. The van der Waals surface area contributed by atoms with E-state index in [1.165, 1.54) is 4.88 Å². The van der Waals surface area contributed by atoms with E-state index in [1.54, 1.807) is 34.6 Å². The predicted molar refractivity (Wildman–Crippen MR) is 124 cm³/mol. The van der Waals surface area contributed by atoms with Crippen LogP contribution in [0.25, 0.3) is 21.1 Å². The van der Waals surface area contributed by atoms with Crippen LogP contribution in [0.4, 0.5) is 0 Å². The van der Waals surface area contributed by atoms with Crippen LogP contribution in [0.2, 0.25) is 0 Å². The minimum absolute atomic E-state index is 0.0676. The van der Waals surface area contributed by atoms with Crippen molar-refractivity contribution < 1.29 is 14.7 Å². The fraction of sp³-hybridized carbons (Fsp3) is 0.348. The quantitative estimate of drug-likeness (QED) is 0.381. The number of thiophene rings is 1. The molecule has 0 bridgehead atoms. The molecule has 0 aliphatic carbocycles. The fourth-order valence-electron chi connectivity index (χ4n) is 4.36. The molecule has 1 fully saturated rings. The van der Waals surface area contributed by atoms with Crippen molar-refractivity contribution in [1.29, 1.82) is 0 Å². The van der Waals surface area contributed by atoms with E-state index in [0.717, 1.165) is 21.1 Å². The Bertz CT molecular complexity index is 1280. The van der Waals surface area contributed by atoms with Crippen LogP contribution in [-0.4, -0.2) is 61.7 Å². The van der Waals surface area contributed by atoms with Crippen molar-refractivity contribution in [2.75, 3.05) is 13.1 Å². The monoisotopic (exact) mass is 451 g/mol. The number of H-pyrrole nitrogens is 2. The highest BCUT2D eigenvalue weighted by atomic mass is 32.1. The lowest BCUT2D eigenvalue weighted by atomic mass is 9.84. The number of nitrogens with one attached hydrogen (secondary N) is 3. The zero-order chi connectivity index (χ0) is 22.5. The van der Waals surface area contributed by atoms with Gasteiger partial charge >= 0.3 is 0 Å². The lowest BCUT2D eigenvalue weighted by Crippen LogP contribution is -2.57. The second-order valence-corrected chi connectivity index (χ2v) is 9.87. The van der Waals surface area contributed by atoms with Crippen LogP contribution in [0, 0.1) is 6.92 Å². The Labute approximate surface area is 188 Å². The standard InChI is InChI=1S/C23H25N5O3S/c1-13-9-18-20(32-13)11-19(26-18)21(29)25-14(2)23(31)5-7-28(8-6-23)22(30)15-3-4-16-12-24-27-17(16)10-15/h3-4,9-12,14,26,31H,5-8H2,1-2H3,(H,24,27)(H,25,29). The Morgan fingerprint density at radius 3 is 2.75 bits per heavy atom. The summed E-state index contributed by atoms with van der Waals surface area (Å²) >= 11 is 1.64. The van der Waals surface area contributed by atoms with Crippen LogP contribution in [0.1, 0.15) is 45.5 Å². The number of hydrogen-bond donors (Lipinski definition) is 4. The number of hydrogen-bond acceptors (Lipinski definition) is 5. The van der Waals surface area contributed by atoms with E-state index in [1.807, 2.05) is 32.0 Å². The average Bonchev–Trinajstić information content (AvgIpc) is 3.47. The number of benzene rings is 1. The summed E-state index contributed by atoms with van der Waals surface area (Å²) in [6, 6.07) is 8.89. The summed E-state index contributed by atoms with van der Waals surface area (Å²) in [6.07, 6.45) is 2.51. The molecule has 4 aromatic rings. The molecule has 9 heteroatoms. The predicted octanol–water partition coefficient (Wildman–Crippen LogP) is 3.20. The number of carbonyl (C=O) groups excluding carboxylic acids is 2. The van der Waals surface area contributed by atoms with Crippen molar-refractivity contribution in [1.82, 2.24) is 25.4 Å². The van der Waals surface area contributed by atoms with Gasteiger partial charge in [0, 0.05) is 28.9 Å². The molecule has 0 radical (unpaired) electrons. The molecule has 1 saturated heterocycles. The van der Waals surface area contributed by atoms with Crippen LogP contribution < -0.4 is 5.32 Å². The minimum atomic E-state index is -1.07. The summed E-state index contributed by atoms with van der Waals surface area (Å²) in [5.74, 6) is -0.305. The fourth-order valence-corrected chi connectivity index (χ4v) is 5.28. The van der Waals surface area contributed by atoms with Gasteiger partial charge < -0.3 is 20.3 Å². The molecule has 0 saturated carbocycles. The summed E-state index contributed by atoms with van der Waals surface area (Å²) in [5, 5.41) is 21.9. The van der Waals surface area contributed by atoms with Gasteiger partial charge in [-0.05, 0) is 51.0 Å². The van der Waals surface area contributed by atoms with Crippen molar-refractivity contribution in [2.45, 2.75) is 38.3 Å². The summed E-state index contributed by atoms with van der Waals surface area (Å²) in [4.78, 5) is 31.7. The molecule has 1 atom stereocenters. The van der Waals surface area contributed by atoms with Crippen LogP contribution >= 0.6 is 11.3 Å². The highest BCUT2D eigenvalue weighted by molar-refractivity contribution is 7.19. The third-order valence-corrected chi connectivity index (χ3v) is 7.43. The number of carbonyl (C=O) groups is 2. The molecule has 1 unspecified atom stereocenters. The molecule has 1 aliphatic rings. The van der Waals surface area contributed by atoms with Crippen molar-refractivity contribution >= 4 is 44.3 Å². The van der Waals surface area contributed by atoms with E-state index in [2.05, 4.69) is 20.5 Å². The molecule has 4 N–H and O–H groups in total. The number of aliphatic hydroxyl groups is 1. The average molecular weight is 452 g/mol. The molecule has 1 aliphatic heterocycles. The van der Waals surface area contributed by atoms with Gasteiger partial charge in [-0.1, -0.05) is 6.07 Å². The molecule has 0 spiro atoms. The van der Waals surface area contributed by atoms with Gasteiger partial charge in [0.1, 0.15) is 5.69 Å². The first kappa shape index (κ1) is 20.7. The molecule has 3 aromatic heterocycles. The summed E-state index contributed by atoms with van der Waals surface area (Å²) < 4.78 is 1.04. The van der Waals surface area contributed by atoms with Crippen molar-refractivity contribution in [3.8, 4) is 0 Å². The minimum Gasteiger partial charge on any atom is -0.388 e. The van der Waals surface area contributed by atoms with Gasteiger partial charge in [-0.25, -0.2) is 0 Å². The Morgan fingerprint density at radius 2 is 2.00 bits per heavy atom. The zero-order valence-electron chi connectivity index (χ0n) is 17.9. The Kier molecular flexibility index (Phi) is 5.02. The van der Waals surface area contributed by atoms with Gasteiger partial charge in [0.25, 0.3) is 11.8 Å². The van der Waals surface area contributed by atoms with Gasteiger partial charge in [0.05, 0.1) is 33.6 Å². The Hall–Kier alpha value is -3.17.